The van der Waals surface area contributed by atoms with Crippen molar-refractivity contribution in [2.24, 2.45) is 0 Å². The van der Waals surface area contributed by atoms with Gasteiger partial charge in [0, 0.05) is 19.3 Å². The zero-order chi connectivity index (χ0) is 52.9. The van der Waals surface area contributed by atoms with E-state index in [1.165, 1.54) is 218 Å². The minimum atomic E-state index is -0.795. The van der Waals surface area contributed by atoms with Gasteiger partial charge in [-0.25, -0.2) is 0 Å². The molecule has 6 nitrogen and oxygen atoms in total. The van der Waals surface area contributed by atoms with E-state index in [-0.39, 0.29) is 37.5 Å². The molecule has 0 unspecified atom stereocenters. The first-order valence-electron chi connectivity index (χ1n) is 31.8. The Kier molecular flexibility index (Phi) is 59.2. The van der Waals surface area contributed by atoms with Gasteiger partial charge in [-0.3, -0.25) is 14.4 Å². The lowest BCUT2D eigenvalue weighted by Gasteiger charge is -2.18. The molecule has 0 bridgehead atoms. The van der Waals surface area contributed by atoms with Crippen molar-refractivity contribution in [1.82, 2.24) is 0 Å². The van der Waals surface area contributed by atoms with Gasteiger partial charge >= 0.3 is 17.9 Å². The number of ether oxygens (including phenoxy) is 3. The Bertz CT molecular complexity index is 1310. The van der Waals surface area contributed by atoms with E-state index < -0.39 is 6.10 Å². The van der Waals surface area contributed by atoms with E-state index in [1.807, 2.05) is 0 Å². The van der Waals surface area contributed by atoms with E-state index in [9.17, 15) is 14.4 Å². The fourth-order valence-corrected chi connectivity index (χ4v) is 9.15. The predicted molar refractivity (Wildman–Crippen MR) is 316 cm³/mol. The Balaban J connectivity index is 4.36. The fraction of sp³-hybridized carbons (Fsp3) is 0.806. The summed E-state index contributed by atoms with van der Waals surface area (Å²) in [6, 6.07) is 0. The van der Waals surface area contributed by atoms with Crippen molar-refractivity contribution in [3.05, 3.63) is 60.8 Å². The molecule has 0 aromatic heterocycles. The standard InChI is InChI=1S/C67H120O6/c1-4-7-10-13-16-19-22-25-28-30-32-33-35-37-40-42-45-48-51-54-57-60-66(69)72-63-64(73-67(70)61-58-55-52-49-46-43-38-27-24-21-18-15-12-9-6-3)62-71-65(68)59-56-53-50-47-44-41-39-36-34-31-29-26-23-20-17-14-11-8-5-2/h18,21,25-29,38,46,49,64H,4-17,19-20,22-24,30-37,39-45,47-48,50-63H2,1-3H3/b21-18-,28-25-,29-26-,38-27-,49-46-/t64-/m0/s1. The van der Waals surface area contributed by atoms with Gasteiger partial charge in [0.25, 0.3) is 0 Å². The first kappa shape index (κ1) is 70.1. The summed E-state index contributed by atoms with van der Waals surface area (Å²) in [4.78, 5) is 38.3. The Hall–Kier alpha value is -2.89. The zero-order valence-electron chi connectivity index (χ0n) is 48.7. The SMILES string of the molecule is CCCCC/C=C\C/C=C\C/C=C\CCCCC(=O)O[C@@H](COC(=O)CCCCCCCCCCC/C=C\CCCCCCCC)COC(=O)CCCCCCCCCCCCC/C=C\CCCCCCCC. The lowest BCUT2D eigenvalue weighted by Crippen LogP contribution is -2.30. The van der Waals surface area contributed by atoms with Crippen molar-refractivity contribution in [2.45, 2.75) is 335 Å². The van der Waals surface area contributed by atoms with Gasteiger partial charge < -0.3 is 14.2 Å². The maximum atomic E-state index is 12.9. The summed E-state index contributed by atoms with van der Waals surface area (Å²) >= 11 is 0. The molecule has 0 aliphatic rings. The average Bonchev–Trinajstić information content (AvgIpc) is 3.39. The average molecular weight is 1020 g/mol. The quantitative estimate of drug-likeness (QED) is 0.0261. The molecule has 0 aromatic carbocycles. The molecule has 0 rings (SSSR count). The van der Waals surface area contributed by atoms with Crippen LogP contribution in [0, 0.1) is 0 Å². The molecule has 0 fully saturated rings. The van der Waals surface area contributed by atoms with Crippen LogP contribution in [-0.2, 0) is 28.6 Å². The van der Waals surface area contributed by atoms with E-state index in [2.05, 4.69) is 81.5 Å². The normalized spacial score (nSPS) is 12.4. The van der Waals surface area contributed by atoms with E-state index in [0.717, 1.165) is 64.2 Å². The van der Waals surface area contributed by atoms with Crippen molar-refractivity contribution >= 4 is 17.9 Å². The highest BCUT2D eigenvalue weighted by Gasteiger charge is 2.19. The van der Waals surface area contributed by atoms with Gasteiger partial charge in [0.05, 0.1) is 0 Å². The third kappa shape index (κ3) is 59.9. The summed E-state index contributed by atoms with van der Waals surface area (Å²) in [5.74, 6) is -0.914. The van der Waals surface area contributed by atoms with Gasteiger partial charge in [-0.15, -0.1) is 0 Å². The molecule has 0 aliphatic heterocycles. The monoisotopic (exact) mass is 1020 g/mol. The minimum absolute atomic E-state index is 0.0886. The van der Waals surface area contributed by atoms with E-state index in [4.69, 9.17) is 14.2 Å². The summed E-state index contributed by atoms with van der Waals surface area (Å²) in [5, 5.41) is 0. The zero-order valence-corrected chi connectivity index (χ0v) is 48.7. The molecule has 0 radical (unpaired) electrons. The van der Waals surface area contributed by atoms with Crippen LogP contribution >= 0.6 is 0 Å². The summed E-state index contributed by atoms with van der Waals surface area (Å²) in [5.41, 5.74) is 0. The van der Waals surface area contributed by atoms with Gasteiger partial charge in [0.1, 0.15) is 13.2 Å². The maximum absolute atomic E-state index is 12.9. The van der Waals surface area contributed by atoms with Crippen molar-refractivity contribution in [2.75, 3.05) is 13.2 Å². The highest BCUT2D eigenvalue weighted by molar-refractivity contribution is 5.71. The topological polar surface area (TPSA) is 78.9 Å². The molecule has 1 atom stereocenters. The van der Waals surface area contributed by atoms with Crippen LogP contribution < -0.4 is 0 Å². The van der Waals surface area contributed by atoms with Gasteiger partial charge in [0.15, 0.2) is 6.10 Å². The second-order valence-corrected chi connectivity index (χ2v) is 21.3. The highest BCUT2D eigenvalue weighted by atomic mass is 16.6. The Labute approximate surface area is 453 Å². The summed E-state index contributed by atoms with van der Waals surface area (Å²) < 4.78 is 16.9. The van der Waals surface area contributed by atoms with Gasteiger partial charge in [0.2, 0.25) is 0 Å². The van der Waals surface area contributed by atoms with Crippen molar-refractivity contribution in [3.63, 3.8) is 0 Å². The molecule has 0 N–H and O–H groups in total. The number of rotatable bonds is 58. The molecule has 0 spiro atoms. The summed E-state index contributed by atoms with van der Waals surface area (Å²) in [7, 11) is 0. The molecule has 73 heavy (non-hydrogen) atoms. The van der Waals surface area contributed by atoms with Crippen LogP contribution in [-0.4, -0.2) is 37.2 Å². The van der Waals surface area contributed by atoms with Crippen LogP contribution in [0.1, 0.15) is 329 Å². The second kappa shape index (κ2) is 61.7. The predicted octanol–water partition coefficient (Wildman–Crippen LogP) is 21.6. The number of carbonyl (C=O) groups excluding carboxylic acids is 3. The molecule has 0 aliphatic carbocycles. The van der Waals surface area contributed by atoms with Gasteiger partial charge in [-0.05, 0) is 109 Å². The number of esters is 3. The summed E-state index contributed by atoms with van der Waals surface area (Å²) in [6.45, 7) is 6.61. The van der Waals surface area contributed by atoms with Crippen LogP contribution in [0.5, 0.6) is 0 Å². The molecular formula is C67H120O6. The third-order valence-electron chi connectivity index (χ3n) is 14.0. The molecule has 0 saturated heterocycles. The minimum Gasteiger partial charge on any atom is -0.462 e. The number of hydrogen-bond acceptors (Lipinski definition) is 6. The van der Waals surface area contributed by atoms with E-state index >= 15 is 0 Å². The highest BCUT2D eigenvalue weighted by Crippen LogP contribution is 2.16. The number of allylic oxidation sites excluding steroid dienone is 10. The number of unbranched alkanes of at least 4 members (excludes halogenated alkanes) is 37. The van der Waals surface area contributed by atoms with Crippen LogP contribution in [0.2, 0.25) is 0 Å². The second-order valence-electron chi connectivity index (χ2n) is 21.3. The Morgan fingerprint density at radius 3 is 0.836 bits per heavy atom. The van der Waals surface area contributed by atoms with Crippen LogP contribution in [0.3, 0.4) is 0 Å². The lowest BCUT2D eigenvalue weighted by molar-refractivity contribution is -0.167. The molecule has 0 saturated carbocycles. The molecule has 6 heteroatoms. The fourth-order valence-electron chi connectivity index (χ4n) is 9.15. The molecule has 424 valence electrons. The van der Waals surface area contributed by atoms with Crippen LogP contribution in [0.25, 0.3) is 0 Å². The third-order valence-corrected chi connectivity index (χ3v) is 14.0. The summed E-state index contributed by atoms with van der Waals surface area (Å²) in [6.07, 6.45) is 78.0. The largest absolute Gasteiger partial charge is 0.462 e. The lowest BCUT2D eigenvalue weighted by atomic mass is 10.0. The number of hydrogen-bond donors (Lipinski definition) is 0. The first-order valence-corrected chi connectivity index (χ1v) is 31.8. The molecule has 0 heterocycles. The Morgan fingerprint density at radius 2 is 0.493 bits per heavy atom. The first-order chi connectivity index (χ1) is 36.0. The van der Waals surface area contributed by atoms with E-state index in [1.54, 1.807) is 0 Å². The maximum Gasteiger partial charge on any atom is 0.306 e. The molecule has 0 aromatic rings. The molecule has 0 amide bonds. The molecular weight excluding hydrogens is 901 g/mol. The van der Waals surface area contributed by atoms with Gasteiger partial charge in [-0.2, -0.15) is 0 Å². The van der Waals surface area contributed by atoms with Crippen molar-refractivity contribution in [1.29, 1.82) is 0 Å². The Morgan fingerprint density at radius 1 is 0.274 bits per heavy atom. The number of carbonyl (C=O) groups is 3. The van der Waals surface area contributed by atoms with Crippen molar-refractivity contribution in [3.8, 4) is 0 Å². The van der Waals surface area contributed by atoms with Crippen LogP contribution in [0.4, 0.5) is 0 Å². The van der Waals surface area contributed by atoms with Gasteiger partial charge in [-0.1, -0.05) is 261 Å². The smallest absolute Gasteiger partial charge is 0.306 e. The van der Waals surface area contributed by atoms with Crippen molar-refractivity contribution < 1.29 is 28.6 Å². The van der Waals surface area contributed by atoms with E-state index in [0.29, 0.717) is 19.3 Å². The van der Waals surface area contributed by atoms with Crippen LogP contribution in [0.15, 0.2) is 60.8 Å².